The number of phenolic OH excluding ortho intramolecular Hbond substituents is 1. The van der Waals surface area contributed by atoms with Crippen molar-refractivity contribution >= 4 is 11.8 Å². The van der Waals surface area contributed by atoms with Crippen LogP contribution in [0.5, 0.6) is 5.75 Å². The highest BCUT2D eigenvalue weighted by molar-refractivity contribution is 5.97. The molecule has 86 valence electrons. The van der Waals surface area contributed by atoms with Gasteiger partial charge in [0.1, 0.15) is 6.04 Å². The maximum absolute atomic E-state index is 12.7. The third kappa shape index (κ3) is 2.69. The zero-order chi connectivity index (χ0) is 12.3. The van der Waals surface area contributed by atoms with Gasteiger partial charge in [-0.15, -0.1) is 0 Å². The van der Waals surface area contributed by atoms with Gasteiger partial charge in [-0.05, 0) is 25.1 Å². The summed E-state index contributed by atoms with van der Waals surface area (Å²) in [6.07, 6.45) is 0. The minimum Gasteiger partial charge on any atom is -0.505 e. The summed E-state index contributed by atoms with van der Waals surface area (Å²) < 4.78 is 12.7. The van der Waals surface area contributed by atoms with Crippen LogP contribution >= 0.6 is 0 Å². The van der Waals surface area contributed by atoms with Crippen LogP contribution in [0.4, 0.5) is 4.39 Å². The Kier molecular flexibility index (Phi) is 3.44. The number of amides is 2. The van der Waals surface area contributed by atoms with Crippen molar-refractivity contribution in [3.8, 4) is 5.75 Å². The molecule has 2 amide bonds. The van der Waals surface area contributed by atoms with Crippen LogP contribution in [0.2, 0.25) is 0 Å². The van der Waals surface area contributed by atoms with Crippen LogP contribution in [0.1, 0.15) is 17.3 Å². The van der Waals surface area contributed by atoms with Gasteiger partial charge in [-0.25, -0.2) is 4.39 Å². The van der Waals surface area contributed by atoms with Gasteiger partial charge >= 0.3 is 0 Å². The molecule has 1 aromatic rings. The molecule has 4 N–H and O–H groups in total. The summed E-state index contributed by atoms with van der Waals surface area (Å²) in [6.45, 7) is 1.42. The number of hydrogen-bond acceptors (Lipinski definition) is 3. The molecule has 1 atom stereocenters. The van der Waals surface area contributed by atoms with Crippen LogP contribution < -0.4 is 11.1 Å². The molecule has 0 saturated heterocycles. The Hall–Kier alpha value is -2.11. The average Bonchev–Trinajstić information content (AvgIpc) is 2.21. The molecule has 0 aromatic heterocycles. The monoisotopic (exact) mass is 226 g/mol. The first-order chi connectivity index (χ1) is 7.41. The van der Waals surface area contributed by atoms with E-state index in [1.165, 1.54) is 13.0 Å². The van der Waals surface area contributed by atoms with Crippen molar-refractivity contribution in [2.45, 2.75) is 13.0 Å². The van der Waals surface area contributed by atoms with Gasteiger partial charge in [0.15, 0.2) is 11.6 Å². The Morgan fingerprint density at radius 3 is 2.62 bits per heavy atom. The fourth-order valence-corrected chi connectivity index (χ4v) is 1.01. The van der Waals surface area contributed by atoms with E-state index in [0.29, 0.717) is 0 Å². The fraction of sp³-hybridized carbons (Fsp3) is 0.200. The second-order valence-electron chi connectivity index (χ2n) is 3.26. The largest absolute Gasteiger partial charge is 0.505 e. The molecule has 1 aromatic carbocycles. The van der Waals surface area contributed by atoms with Crippen molar-refractivity contribution in [2.24, 2.45) is 5.73 Å². The van der Waals surface area contributed by atoms with Gasteiger partial charge in [-0.2, -0.15) is 0 Å². The quantitative estimate of drug-likeness (QED) is 0.684. The van der Waals surface area contributed by atoms with Crippen LogP contribution in [-0.2, 0) is 4.79 Å². The molecular formula is C10H11FN2O3. The highest BCUT2D eigenvalue weighted by atomic mass is 19.1. The molecule has 1 rings (SSSR count). The van der Waals surface area contributed by atoms with Gasteiger partial charge in [-0.3, -0.25) is 9.59 Å². The number of nitrogens with one attached hydrogen (secondary N) is 1. The molecular weight excluding hydrogens is 215 g/mol. The number of phenols is 1. The zero-order valence-electron chi connectivity index (χ0n) is 8.53. The lowest BCUT2D eigenvalue weighted by atomic mass is 10.2. The van der Waals surface area contributed by atoms with E-state index < -0.39 is 29.4 Å². The van der Waals surface area contributed by atoms with Crippen LogP contribution in [0.3, 0.4) is 0 Å². The van der Waals surface area contributed by atoms with E-state index >= 15 is 0 Å². The molecule has 0 bridgehead atoms. The van der Waals surface area contributed by atoms with E-state index in [0.717, 1.165) is 12.1 Å². The maximum atomic E-state index is 12.7. The molecule has 0 aliphatic carbocycles. The Labute approximate surface area is 91.1 Å². The number of primary amides is 1. The van der Waals surface area contributed by atoms with E-state index in [4.69, 9.17) is 10.8 Å². The fourth-order valence-electron chi connectivity index (χ4n) is 1.01. The lowest BCUT2D eigenvalue weighted by molar-refractivity contribution is -0.119. The summed E-state index contributed by atoms with van der Waals surface area (Å²) in [5, 5.41) is 11.3. The van der Waals surface area contributed by atoms with Crippen LogP contribution in [0.15, 0.2) is 18.2 Å². The molecule has 0 saturated carbocycles. The van der Waals surface area contributed by atoms with Gasteiger partial charge < -0.3 is 16.2 Å². The number of rotatable bonds is 3. The maximum Gasteiger partial charge on any atom is 0.252 e. The Balaban J connectivity index is 2.81. The van der Waals surface area contributed by atoms with Crippen molar-refractivity contribution in [1.82, 2.24) is 5.32 Å². The summed E-state index contributed by atoms with van der Waals surface area (Å²) in [5.41, 5.74) is 5.00. The van der Waals surface area contributed by atoms with Gasteiger partial charge in [-0.1, -0.05) is 0 Å². The number of carbonyl (C=O) groups is 2. The van der Waals surface area contributed by atoms with Crippen LogP contribution in [0.25, 0.3) is 0 Å². The number of hydrogen-bond donors (Lipinski definition) is 3. The second-order valence-corrected chi connectivity index (χ2v) is 3.26. The molecule has 0 heterocycles. The van der Waals surface area contributed by atoms with Crippen molar-refractivity contribution in [3.63, 3.8) is 0 Å². The number of aromatic hydroxyl groups is 1. The Bertz CT molecular complexity index is 434. The van der Waals surface area contributed by atoms with Crippen molar-refractivity contribution in [2.75, 3.05) is 0 Å². The smallest absolute Gasteiger partial charge is 0.252 e. The highest BCUT2D eigenvalue weighted by Crippen LogP contribution is 2.16. The third-order valence-corrected chi connectivity index (χ3v) is 1.98. The van der Waals surface area contributed by atoms with Gasteiger partial charge in [0.05, 0.1) is 0 Å². The molecule has 0 aliphatic heterocycles. The lowest BCUT2D eigenvalue weighted by Gasteiger charge is -2.10. The summed E-state index contributed by atoms with van der Waals surface area (Å²) in [5.74, 6) is -2.74. The van der Waals surface area contributed by atoms with Crippen LogP contribution in [0, 0.1) is 5.82 Å². The van der Waals surface area contributed by atoms with Crippen molar-refractivity contribution in [3.05, 3.63) is 29.6 Å². The van der Waals surface area contributed by atoms with E-state index in [9.17, 15) is 14.0 Å². The van der Waals surface area contributed by atoms with E-state index in [1.54, 1.807) is 0 Å². The molecule has 5 nitrogen and oxygen atoms in total. The lowest BCUT2D eigenvalue weighted by Crippen LogP contribution is -2.42. The topological polar surface area (TPSA) is 92.4 Å². The van der Waals surface area contributed by atoms with Gasteiger partial charge in [0, 0.05) is 5.56 Å². The standard InChI is InChI=1S/C10H11FN2O3/c1-5(9(12)15)13-10(16)6-2-3-7(11)8(14)4-6/h2-5,14H,1H3,(H2,12,15)(H,13,16). The molecule has 0 fully saturated rings. The van der Waals surface area contributed by atoms with E-state index in [1.807, 2.05) is 0 Å². The predicted molar refractivity (Wildman–Crippen MR) is 54.2 cm³/mol. The van der Waals surface area contributed by atoms with Gasteiger partial charge in [0.2, 0.25) is 5.91 Å². The van der Waals surface area contributed by atoms with Gasteiger partial charge in [0.25, 0.3) is 5.91 Å². The van der Waals surface area contributed by atoms with Crippen LogP contribution in [-0.4, -0.2) is 23.0 Å². The SMILES string of the molecule is CC(NC(=O)c1ccc(F)c(O)c1)C(N)=O. The summed E-state index contributed by atoms with van der Waals surface area (Å²) in [7, 11) is 0. The molecule has 0 spiro atoms. The zero-order valence-corrected chi connectivity index (χ0v) is 8.53. The molecule has 6 heteroatoms. The predicted octanol–water partition coefficient (Wildman–Crippen LogP) is 0.135. The first-order valence-electron chi connectivity index (χ1n) is 4.50. The van der Waals surface area contributed by atoms with E-state index in [2.05, 4.69) is 5.32 Å². The third-order valence-electron chi connectivity index (χ3n) is 1.98. The Morgan fingerprint density at radius 1 is 1.50 bits per heavy atom. The number of benzene rings is 1. The van der Waals surface area contributed by atoms with Crippen molar-refractivity contribution in [1.29, 1.82) is 0 Å². The summed E-state index contributed by atoms with van der Waals surface area (Å²) in [4.78, 5) is 22.2. The normalized spacial score (nSPS) is 11.9. The number of halogens is 1. The number of carbonyl (C=O) groups excluding carboxylic acids is 2. The average molecular weight is 226 g/mol. The van der Waals surface area contributed by atoms with Crippen molar-refractivity contribution < 1.29 is 19.1 Å². The molecule has 16 heavy (non-hydrogen) atoms. The summed E-state index contributed by atoms with van der Waals surface area (Å²) >= 11 is 0. The minimum absolute atomic E-state index is 0.0481. The highest BCUT2D eigenvalue weighted by Gasteiger charge is 2.14. The molecule has 0 radical (unpaired) electrons. The first kappa shape index (κ1) is 12.0. The molecule has 1 unspecified atom stereocenters. The minimum atomic E-state index is -0.834. The Morgan fingerprint density at radius 2 is 2.12 bits per heavy atom. The first-order valence-corrected chi connectivity index (χ1v) is 4.50. The molecule has 0 aliphatic rings. The number of nitrogens with two attached hydrogens (primary N) is 1. The summed E-state index contributed by atoms with van der Waals surface area (Å²) in [6, 6.07) is 2.29. The van der Waals surface area contributed by atoms with E-state index in [-0.39, 0.29) is 5.56 Å². The second kappa shape index (κ2) is 4.61.